The van der Waals surface area contributed by atoms with Crippen LogP contribution in [0.2, 0.25) is 0 Å². The summed E-state index contributed by atoms with van der Waals surface area (Å²) in [5, 5.41) is 0.215. The molecule has 2 aromatic heterocycles. The Morgan fingerprint density at radius 1 is 0.783 bits per heavy atom. The van der Waals surface area contributed by atoms with E-state index in [0.29, 0.717) is 0 Å². The number of hydrogen-bond donors (Lipinski definition) is 0. The van der Waals surface area contributed by atoms with Gasteiger partial charge < -0.3 is 8.83 Å². The van der Waals surface area contributed by atoms with E-state index >= 15 is 0 Å². The van der Waals surface area contributed by atoms with E-state index in [4.69, 9.17) is 38.1 Å². The summed E-state index contributed by atoms with van der Waals surface area (Å²) in [6.07, 6.45) is 4.92. The Bertz CT molecular complexity index is 469. The third kappa shape index (κ3) is 11.5. The first kappa shape index (κ1) is 23.3. The first-order chi connectivity index (χ1) is 10.5. The van der Waals surface area contributed by atoms with Gasteiger partial charge in [-0.1, -0.05) is 75.3 Å². The van der Waals surface area contributed by atoms with Crippen LogP contribution >= 0.6 is 47.6 Å². The molecule has 23 heavy (non-hydrogen) atoms. The van der Waals surface area contributed by atoms with Crippen molar-refractivity contribution < 1.29 is 8.83 Å². The SMILES string of the molecule is CC(C)(C)P(Cl)Cl.CC(C)(C)P(Cl)c1ccco1.c1ccoc1. The molecule has 0 saturated carbocycles. The monoisotopic (exact) mass is 416 g/mol. The van der Waals surface area contributed by atoms with Crippen LogP contribution in [0.3, 0.4) is 0 Å². The lowest BCUT2D eigenvalue weighted by Gasteiger charge is -2.22. The Balaban J connectivity index is 0.000000345. The van der Waals surface area contributed by atoms with Gasteiger partial charge in [-0.15, -0.1) is 0 Å². The Kier molecular flexibility index (Phi) is 11.2. The fourth-order valence-electron chi connectivity index (χ4n) is 0.939. The molecule has 0 aliphatic heterocycles. The van der Waals surface area contributed by atoms with Crippen molar-refractivity contribution in [2.24, 2.45) is 0 Å². The summed E-state index contributed by atoms with van der Waals surface area (Å²) in [5.41, 5.74) is 0.911. The molecular weight excluding hydrogens is 392 g/mol. The topological polar surface area (TPSA) is 26.3 Å². The summed E-state index contributed by atoms with van der Waals surface area (Å²) < 4.78 is 9.80. The molecule has 2 heterocycles. The highest BCUT2D eigenvalue weighted by molar-refractivity contribution is 8.04. The fourth-order valence-corrected chi connectivity index (χ4v) is 2.26. The molecule has 0 amide bonds. The van der Waals surface area contributed by atoms with Gasteiger partial charge in [0, 0.05) is 10.3 Å². The standard InChI is InChI=1S/C8H12ClOP.C4H9Cl2P.C4H4O/c1-8(2,3)11(9)7-5-4-6-10-7;1-4(2,3)7(5)6;1-2-4-5-3-1/h4-6H,1-3H3;1-3H3;1-4H. The van der Waals surface area contributed by atoms with Gasteiger partial charge in [-0.25, -0.2) is 0 Å². The number of hydrogen-bond acceptors (Lipinski definition) is 2. The van der Waals surface area contributed by atoms with Crippen molar-refractivity contribution in [2.45, 2.75) is 51.9 Å². The van der Waals surface area contributed by atoms with Gasteiger partial charge in [0.05, 0.1) is 32.7 Å². The minimum absolute atomic E-state index is 0.0957. The van der Waals surface area contributed by atoms with Crippen LogP contribution in [0.1, 0.15) is 41.5 Å². The molecule has 1 unspecified atom stereocenters. The number of furan rings is 2. The molecule has 0 aliphatic carbocycles. The largest absolute Gasteiger partial charge is 0.473 e. The van der Waals surface area contributed by atoms with E-state index in [2.05, 4.69) is 25.2 Å². The van der Waals surface area contributed by atoms with Crippen LogP contribution in [-0.4, -0.2) is 10.3 Å². The summed E-state index contributed by atoms with van der Waals surface area (Å²) in [7, 11) is -0.674. The second-order valence-corrected chi connectivity index (χ2v) is 14.3. The van der Waals surface area contributed by atoms with Crippen LogP contribution in [0.4, 0.5) is 0 Å². The average Bonchev–Trinajstić information content (AvgIpc) is 3.12. The molecule has 0 aromatic carbocycles. The molecule has 0 bridgehead atoms. The van der Waals surface area contributed by atoms with E-state index in [9.17, 15) is 0 Å². The third-order valence-electron chi connectivity index (χ3n) is 2.22. The summed E-state index contributed by atoms with van der Waals surface area (Å²) in [4.78, 5) is 0. The maximum Gasteiger partial charge on any atom is 0.141 e. The smallest absolute Gasteiger partial charge is 0.141 e. The van der Waals surface area contributed by atoms with Crippen LogP contribution in [0.15, 0.2) is 51.9 Å². The van der Waals surface area contributed by atoms with E-state index in [1.54, 1.807) is 18.8 Å². The Morgan fingerprint density at radius 2 is 1.26 bits per heavy atom. The van der Waals surface area contributed by atoms with E-state index < -0.39 is 13.9 Å². The number of halogens is 3. The predicted molar refractivity (Wildman–Crippen MR) is 108 cm³/mol. The zero-order valence-corrected chi connectivity index (χ0v) is 18.4. The van der Waals surface area contributed by atoms with Crippen molar-refractivity contribution in [3.8, 4) is 0 Å². The fraction of sp³-hybridized carbons (Fsp3) is 0.500. The quantitative estimate of drug-likeness (QED) is 0.437. The molecule has 0 spiro atoms. The molecule has 0 N–H and O–H groups in total. The number of rotatable bonds is 1. The van der Waals surface area contributed by atoms with Crippen molar-refractivity contribution in [1.29, 1.82) is 0 Å². The molecule has 0 fully saturated rings. The highest BCUT2D eigenvalue weighted by Crippen LogP contribution is 2.58. The van der Waals surface area contributed by atoms with E-state index in [1.807, 2.05) is 45.0 Å². The zero-order chi connectivity index (χ0) is 18.1. The zero-order valence-electron chi connectivity index (χ0n) is 14.4. The molecule has 0 aliphatic rings. The Morgan fingerprint density at radius 3 is 1.48 bits per heavy atom. The van der Waals surface area contributed by atoms with Gasteiger partial charge >= 0.3 is 0 Å². The molecule has 2 rings (SSSR count). The van der Waals surface area contributed by atoms with Crippen LogP contribution < -0.4 is 5.50 Å². The van der Waals surface area contributed by atoms with Gasteiger partial charge in [0.2, 0.25) is 0 Å². The molecule has 2 nitrogen and oxygen atoms in total. The highest BCUT2D eigenvalue weighted by atomic mass is 35.9. The molecule has 0 saturated heterocycles. The van der Waals surface area contributed by atoms with Crippen molar-refractivity contribution >= 4 is 53.1 Å². The van der Waals surface area contributed by atoms with Gasteiger partial charge in [0.25, 0.3) is 0 Å². The molecule has 7 heteroatoms. The Labute approximate surface area is 156 Å². The first-order valence-corrected chi connectivity index (χ1v) is 12.4. The molecule has 2 aromatic rings. The lowest BCUT2D eigenvalue weighted by Crippen LogP contribution is -2.14. The summed E-state index contributed by atoms with van der Waals surface area (Å²) >= 11 is 17.4. The van der Waals surface area contributed by atoms with Crippen LogP contribution in [-0.2, 0) is 0 Å². The minimum Gasteiger partial charge on any atom is -0.473 e. The first-order valence-electron chi connectivity index (χ1n) is 7.04. The lowest BCUT2D eigenvalue weighted by atomic mass is 10.3. The minimum atomic E-state index is -0.797. The van der Waals surface area contributed by atoms with Crippen molar-refractivity contribution in [3.05, 3.63) is 43.1 Å². The van der Waals surface area contributed by atoms with Crippen LogP contribution in [0.25, 0.3) is 0 Å². The maximum absolute atomic E-state index is 6.19. The van der Waals surface area contributed by atoms with E-state index in [1.165, 1.54) is 0 Å². The van der Waals surface area contributed by atoms with Gasteiger partial charge in [-0.2, -0.15) is 0 Å². The van der Waals surface area contributed by atoms with Crippen LogP contribution in [0, 0.1) is 0 Å². The summed E-state index contributed by atoms with van der Waals surface area (Å²) in [6.45, 7) is 11.6. The van der Waals surface area contributed by atoms with Crippen molar-refractivity contribution in [1.82, 2.24) is 0 Å². The molecule has 0 radical (unpaired) electrons. The van der Waals surface area contributed by atoms with Crippen molar-refractivity contribution in [2.75, 3.05) is 0 Å². The van der Waals surface area contributed by atoms with Gasteiger partial charge in [0.1, 0.15) is 5.50 Å². The van der Waals surface area contributed by atoms with Crippen LogP contribution in [0.5, 0.6) is 0 Å². The highest BCUT2D eigenvalue weighted by Gasteiger charge is 2.25. The third-order valence-corrected chi connectivity index (χ3v) is 10.1. The van der Waals surface area contributed by atoms with E-state index in [-0.39, 0.29) is 10.3 Å². The van der Waals surface area contributed by atoms with E-state index in [0.717, 1.165) is 5.50 Å². The molecule has 132 valence electrons. The Hall–Kier alpha value is 0.290. The second-order valence-electron chi connectivity index (χ2n) is 6.60. The molecule has 1 atom stereocenters. The average molecular weight is 418 g/mol. The lowest BCUT2D eigenvalue weighted by molar-refractivity contribution is 0.567. The van der Waals surface area contributed by atoms with Gasteiger partial charge in [-0.05, 0) is 24.3 Å². The van der Waals surface area contributed by atoms with Gasteiger partial charge in [0.15, 0.2) is 0 Å². The van der Waals surface area contributed by atoms with Crippen molar-refractivity contribution in [3.63, 3.8) is 0 Å². The maximum atomic E-state index is 6.19. The summed E-state index contributed by atoms with van der Waals surface area (Å²) in [6, 6.07) is 7.47. The summed E-state index contributed by atoms with van der Waals surface area (Å²) in [5.74, 6) is 0. The second kappa shape index (κ2) is 11.0. The normalized spacial score (nSPS) is 12.8. The van der Waals surface area contributed by atoms with Gasteiger partial charge in [-0.3, -0.25) is 0 Å². The molecular formula is C16H25Cl3O2P2. The predicted octanol–water partition coefficient (Wildman–Crippen LogP) is 8.19.